The quantitative estimate of drug-likeness (QED) is 0.0174. The highest BCUT2D eigenvalue weighted by Gasteiger charge is 2.50. The highest BCUT2D eigenvalue weighted by molar-refractivity contribution is 8.15. The Morgan fingerprint density at radius 1 is 1.02 bits per heavy atom. The van der Waals surface area contributed by atoms with Crippen LogP contribution in [0.5, 0.6) is 0 Å². The number of anilines is 1. The van der Waals surface area contributed by atoms with Gasteiger partial charge in [-0.05, 0) is 5.56 Å². The molecule has 62 heavy (non-hydrogen) atoms. The molecule has 2 aromatic heterocycles. The topological polar surface area (TPSA) is 431 Å². The highest BCUT2D eigenvalue weighted by Crippen LogP contribution is 2.61. The van der Waals surface area contributed by atoms with Gasteiger partial charge in [0.05, 0.1) is 19.5 Å². The monoisotopic (exact) mass is 955 g/mol. The van der Waals surface area contributed by atoms with E-state index in [2.05, 4.69) is 34.4 Å². The summed E-state index contributed by atoms with van der Waals surface area (Å²) in [5.41, 5.74) is 10.6. The molecular formula is C31H44N9O18P3S. The largest absolute Gasteiger partial charge is 0.481 e. The molecule has 4 rings (SSSR count). The molecule has 342 valence electrons. The molecule has 7 unspecified atom stereocenters. The number of nitrogens with one attached hydrogen (secondary N) is 3. The van der Waals surface area contributed by atoms with Crippen LogP contribution in [-0.2, 0) is 61.9 Å². The zero-order valence-electron chi connectivity index (χ0n) is 32.6. The van der Waals surface area contributed by atoms with Crippen LogP contribution in [-0.4, -0.2) is 134 Å². The minimum absolute atomic E-state index is 0.00567. The number of fused-ring (bicyclic) bond motifs is 1. The van der Waals surface area contributed by atoms with Crippen LogP contribution < -0.4 is 22.1 Å². The first kappa shape index (κ1) is 50.6. The SMILES string of the molecule is CC(C)(COP(=O)(O)OP(=O)(O)OCC1OC(n2cnc3c(N)ncnc32)C(O)C1OP(=O)(O)O)C(O)C(=O)NCCC(=O)NCCSC(=O)C(=O)Cc1ccc(C(=N)N)cc1. The van der Waals surface area contributed by atoms with E-state index in [9.17, 15) is 62.7 Å². The van der Waals surface area contributed by atoms with E-state index < -0.39 is 95.5 Å². The lowest BCUT2D eigenvalue weighted by Crippen LogP contribution is -2.46. The van der Waals surface area contributed by atoms with E-state index in [0.717, 1.165) is 17.2 Å². The number of aliphatic hydroxyl groups is 2. The summed E-state index contributed by atoms with van der Waals surface area (Å²) in [5.74, 6) is -2.37. The molecule has 3 aromatic rings. The third-order valence-corrected chi connectivity index (χ3v) is 12.6. The van der Waals surface area contributed by atoms with Crippen LogP contribution >= 0.6 is 35.2 Å². The number of nitrogens with zero attached hydrogens (tertiary/aromatic N) is 4. The zero-order chi connectivity index (χ0) is 46.2. The molecule has 13 N–H and O–H groups in total. The number of phosphoric ester groups is 3. The number of imidazole rings is 1. The van der Waals surface area contributed by atoms with Crippen molar-refractivity contribution in [1.29, 1.82) is 5.41 Å². The molecular weight excluding hydrogens is 911 g/mol. The van der Waals surface area contributed by atoms with Crippen LogP contribution in [0.3, 0.4) is 0 Å². The van der Waals surface area contributed by atoms with Gasteiger partial charge in [0.15, 0.2) is 17.7 Å². The van der Waals surface area contributed by atoms with E-state index in [-0.39, 0.29) is 54.5 Å². The molecule has 31 heteroatoms. The number of ether oxygens (including phenoxy) is 1. The maximum Gasteiger partial charge on any atom is 0.481 e. The predicted molar refractivity (Wildman–Crippen MR) is 213 cm³/mol. The molecule has 0 radical (unpaired) electrons. The average molecular weight is 956 g/mol. The number of hydrogen-bond acceptors (Lipinski definition) is 20. The highest BCUT2D eigenvalue weighted by atomic mass is 32.2. The van der Waals surface area contributed by atoms with Crippen LogP contribution in [0.1, 0.15) is 37.6 Å². The molecule has 27 nitrogen and oxygen atoms in total. The molecule has 1 saturated heterocycles. The van der Waals surface area contributed by atoms with Crippen molar-refractivity contribution in [2.24, 2.45) is 11.1 Å². The molecule has 0 saturated carbocycles. The number of amidine groups is 1. The summed E-state index contributed by atoms with van der Waals surface area (Å²) in [6, 6.07) is 6.26. The van der Waals surface area contributed by atoms with Crippen LogP contribution in [0.15, 0.2) is 36.9 Å². The first-order valence-electron chi connectivity index (χ1n) is 17.8. The van der Waals surface area contributed by atoms with Crippen molar-refractivity contribution in [2.45, 2.75) is 57.3 Å². The molecule has 1 aromatic carbocycles. The Bertz CT molecular complexity index is 2280. The van der Waals surface area contributed by atoms with Gasteiger partial charge in [0.2, 0.25) is 17.6 Å². The van der Waals surface area contributed by atoms with Gasteiger partial charge in [0.1, 0.15) is 42.1 Å². The summed E-state index contributed by atoms with van der Waals surface area (Å²) in [6.45, 7) is 0.0904. The summed E-state index contributed by atoms with van der Waals surface area (Å²) in [7, 11) is -16.5. The average Bonchev–Trinajstić information content (AvgIpc) is 3.74. The van der Waals surface area contributed by atoms with Crippen molar-refractivity contribution >= 4 is 80.8 Å². The number of Topliss-reactive ketones (excluding diaryl/α,β-unsaturated/α-hetero) is 1. The lowest BCUT2D eigenvalue weighted by atomic mass is 9.87. The van der Waals surface area contributed by atoms with Gasteiger partial charge < -0.3 is 56.6 Å². The second kappa shape index (κ2) is 21.1. The van der Waals surface area contributed by atoms with Crippen LogP contribution in [0.25, 0.3) is 11.2 Å². The van der Waals surface area contributed by atoms with Crippen molar-refractivity contribution in [3.8, 4) is 0 Å². The third kappa shape index (κ3) is 14.5. The number of thioether (sulfide) groups is 1. The number of carbonyl (C=O) groups is 4. The number of aliphatic hydroxyl groups excluding tert-OH is 2. The van der Waals surface area contributed by atoms with E-state index in [0.29, 0.717) is 22.9 Å². The maximum absolute atomic E-state index is 12.7. The fourth-order valence-electron chi connectivity index (χ4n) is 5.41. The Morgan fingerprint density at radius 2 is 1.68 bits per heavy atom. The maximum atomic E-state index is 12.7. The molecule has 3 heterocycles. The summed E-state index contributed by atoms with van der Waals surface area (Å²) < 4.78 is 62.2. The number of benzene rings is 1. The van der Waals surface area contributed by atoms with Crippen molar-refractivity contribution < 1.29 is 85.3 Å². The van der Waals surface area contributed by atoms with Gasteiger partial charge in [-0.3, -0.25) is 42.7 Å². The second-order valence-electron chi connectivity index (χ2n) is 13.9. The number of carbonyl (C=O) groups excluding carboxylic acids is 4. The number of nitrogens with two attached hydrogens (primary N) is 2. The van der Waals surface area contributed by atoms with E-state index in [1.165, 1.54) is 13.8 Å². The summed E-state index contributed by atoms with van der Waals surface area (Å²) in [5, 5.41) is 33.0. The number of aromatic nitrogens is 4. The van der Waals surface area contributed by atoms with Crippen molar-refractivity contribution in [3.63, 3.8) is 0 Å². The van der Waals surface area contributed by atoms with Gasteiger partial charge in [-0.1, -0.05) is 49.9 Å². The molecule has 0 bridgehead atoms. The standard InChI is InChI=1S/C31H44N9O18P3S/c1-31(2,24(44)28(45)36-8-7-20(42)35-9-10-62-30(46)18(41)11-16-3-5-17(6-4-16)25(32)33)13-55-61(52,53)58-60(50,51)54-12-19-23(57-59(47,48)49)22(43)29(56-19)40-15-39-21-26(34)37-14-38-27(21)40/h3-6,14-15,19,22-24,29,43-44H,7-13H2,1-2H3,(H3,32,33)(H,35,42)(H,36,45)(H,50,51)(H,52,53)(H2,34,37,38)(H2,47,48,49). The molecule has 1 fully saturated rings. The summed E-state index contributed by atoms with van der Waals surface area (Å²) in [4.78, 5) is 100. The first-order valence-corrected chi connectivity index (χ1v) is 23.3. The minimum Gasteiger partial charge on any atom is -0.386 e. The summed E-state index contributed by atoms with van der Waals surface area (Å²) in [6.07, 6.45) is -7.32. The lowest BCUT2D eigenvalue weighted by Gasteiger charge is -2.30. The van der Waals surface area contributed by atoms with E-state index in [1.807, 2.05) is 0 Å². The van der Waals surface area contributed by atoms with Crippen LogP contribution in [0, 0.1) is 10.8 Å². The van der Waals surface area contributed by atoms with Crippen molar-refractivity contribution in [1.82, 2.24) is 30.2 Å². The van der Waals surface area contributed by atoms with Gasteiger partial charge in [0.25, 0.3) is 5.12 Å². The van der Waals surface area contributed by atoms with E-state index in [4.69, 9.17) is 30.7 Å². The lowest BCUT2D eigenvalue weighted by molar-refractivity contribution is -0.137. The molecule has 7 atom stereocenters. The number of hydrogen-bond donors (Lipinski definition) is 11. The van der Waals surface area contributed by atoms with E-state index >= 15 is 0 Å². The smallest absolute Gasteiger partial charge is 0.386 e. The van der Waals surface area contributed by atoms with Gasteiger partial charge in [-0.15, -0.1) is 0 Å². The molecule has 1 aliphatic heterocycles. The zero-order valence-corrected chi connectivity index (χ0v) is 36.1. The van der Waals surface area contributed by atoms with Crippen LogP contribution in [0.2, 0.25) is 0 Å². The second-order valence-corrected chi connectivity index (χ2v) is 19.2. The van der Waals surface area contributed by atoms with Crippen molar-refractivity contribution in [3.05, 3.63) is 48.0 Å². The molecule has 2 amide bonds. The number of phosphoric acid groups is 3. The number of ketones is 1. The van der Waals surface area contributed by atoms with Gasteiger partial charge in [0, 0.05) is 42.7 Å². The predicted octanol–water partition coefficient (Wildman–Crippen LogP) is -1.24. The Morgan fingerprint density at radius 3 is 2.32 bits per heavy atom. The van der Waals surface area contributed by atoms with Crippen molar-refractivity contribution in [2.75, 3.05) is 37.8 Å². The Kier molecular flexibility index (Phi) is 17.2. The Labute approximate surface area is 355 Å². The molecule has 0 aliphatic carbocycles. The molecule has 1 aliphatic rings. The van der Waals surface area contributed by atoms with Crippen LogP contribution in [0.4, 0.5) is 5.82 Å². The normalized spacial score (nSPS) is 20.5. The number of nitrogen functional groups attached to an aromatic ring is 2. The van der Waals surface area contributed by atoms with Gasteiger partial charge >= 0.3 is 23.5 Å². The van der Waals surface area contributed by atoms with E-state index in [1.54, 1.807) is 24.3 Å². The third-order valence-electron chi connectivity index (χ3n) is 8.59. The first-order chi connectivity index (χ1) is 28.8. The molecule has 0 spiro atoms. The Hall–Kier alpha value is -4.08. The van der Waals surface area contributed by atoms with Gasteiger partial charge in [-0.25, -0.2) is 28.6 Å². The number of rotatable bonds is 23. The fourth-order valence-corrected chi connectivity index (χ4v) is 8.87. The Balaban J connectivity index is 1.19. The number of amides is 2. The van der Waals surface area contributed by atoms with Gasteiger partial charge in [-0.2, -0.15) is 4.31 Å². The minimum atomic E-state index is -5.60. The summed E-state index contributed by atoms with van der Waals surface area (Å²) >= 11 is 0.702. The fraction of sp³-hybridized carbons (Fsp3) is 0.484.